The summed E-state index contributed by atoms with van der Waals surface area (Å²) in [7, 11) is 2.27. The lowest BCUT2D eigenvalue weighted by molar-refractivity contribution is 0.127. The lowest BCUT2D eigenvalue weighted by Gasteiger charge is -2.37. The standard InChI is InChI=1S/C19H20ClN/c1-21-11-5-8-16-18(13-6-3-2-4-7-13)17-12-14(20)9-10-15(17)19(16)21/h2-4,6-7,9-10,12,16,18-19H,5,8,11H2,1H3. The number of halogens is 1. The Morgan fingerprint density at radius 2 is 1.86 bits per heavy atom. The summed E-state index contributed by atoms with van der Waals surface area (Å²) in [6, 6.07) is 18.0. The highest BCUT2D eigenvalue weighted by atomic mass is 35.5. The lowest BCUT2D eigenvalue weighted by atomic mass is 9.80. The molecule has 0 amide bonds. The molecule has 2 aliphatic rings. The van der Waals surface area contributed by atoms with E-state index in [0.29, 0.717) is 17.9 Å². The fourth-order valence-corrected chi connectivity index (χ4v) is 4.60. The van der Waals surface area contributed by atoms with Gasteiger partial charge in [0.1, 0.15) is 0 Å². The zero-order valence-electron chi connectivity index (χ0n) is 12.3. The second-order valence-electron chi connectivity index (χ2n) is 6.39. The van der Waals surface area contributed by atoms with Gasteiger partial charge in [0.2, 0.25) is 0 Å². The Bertz CT molecular complexity index is 652. The summed E-state index contributed by atoms with van der Waals surface area (Å²) in [6.07, 6.45) is 2.60. The average molecular weight is 298 g/mol. The maximum atomic E-state index is 6.30. The number of benzene rings is 2. The molecule has 0 bridgehead atoms. The van der Waals surface area contributed by atoms with Gasteiger partial charge >= 0.3 is 0 Å². The Labute approximate surface area is 131 Å². The van der Waals surface area contributed by atoms with Crippen LogP contribution in [0.3, 0.4) is 0 Å². The molecule has 1 heterocycles. The fourth-order valence-electron chi connectivity index (χ4n) is 4.42. The molecule has 0 aromatic heterocycles. The van der Waals surface area contributed by atoms with Crippen LogP contribution in [-0.4, -0.2) is 18.5 Å². The van der Waals surface area contributed by atoms with Crippen molar-refractivity contribution in [1.29, 1.82) is 0 Å². The Hall–Kier alpha value is -1.31. The van der Waals surface area contributed by atoms with Gasteiger partial charge in [-0.1, -0.05) is 48.0 Å². The first-order valence-corrected chi connectivity index (χ1v) is 8.18. The van der Waals surface area contributed by atoms with Crippen molar-refractivity contribution in [1.82, 2.24) is 4.90 Å². The lowest BCUT2D eigenvalue weighted by Crippen LogP contribution is -2.34. The second-order valence-corrected chi connectivity index (χ2v) is 6.83. The quantitative estimate of drug-likeness (QED) is 0.726. The SMILES string of the molecule is CN1CCCC2C(c3ccccc3)c3cc(Cl)ccc3C21. The molecule has 2 aromatic carbocycles. The van der Waals surface area contributed by atoms with Gasteiger partial charge < -0.3 is 0 Å². The van der Waals surface area contributed by atoms with Crippen molar-refractivity contribution in [2.75, 3.05) is 13.6 Å². The van der Waals surface area contributed by atoms with E-state index >= 15 is 0 Å². The Kier molecular flexibility index (Phi) is 3.28. The zero-order valence-corrected chi connectivity index (χ0v) is 13.1. The van der Waals surface area contributed by atoms with E-state index in [2.05, 4.69) is 54.4 Å². The molecule has 1 aliphatic carbocycles. The molecule has 108 valence electrons. The zero-order chi connectivity index (χ0) is 14.4. The summed E-state index contributed by atoms with van der Waals surface area (Å²) in [5.41, 5.74) is 4.36. The molecule has 3 atom stereocenters. The van der Waals surface area contributed by atoms with Gasteiger partial charge in [-0.15, -0.1) is 0 Å². The molecular formula is C19H20ClN. The normalized spacial score (nSPS) is 28.2. The molecule has 0 radical (unpaired) electrons. The van der Waals surface area contributed by atoms with Crippen LogP contribution in [0.5, 0.6) is 0 Å². The van der Waals surface area contributed by atoms with Gasteiger partial charge in [0.25, 0.3) is 0 Å². The summed E-state index contributed by atoms with van der Waals surface area (Å²) < 4.78 is 0. The molecule has 3 unspecified atom stereocenters. The van der Waals surface area contributed by atoms with Gasteiger partial charge in [0.15, 0.2) is 0 Å². The van der Waals surface area contributed by atoms with E-state index in [0.717, 1.165) is 5.02 Å². The first-order chi connectivity index (χ1) is 10.3. The molecule has 4 rings (SSSR count). The second kappa shape index (κ2) is 5.15. The molecule has 0 saturated carbocycles. The number of rotatable bonds is 1. The van der Waals surface area contributed by atoms with Crippen LogP contribution in [0.15, 0.2) is 48.5 Å². The first kappa shape index (κ1) is 13.4. The van der Waals surface area contributed by atoms with Gasteiger partial charge in [-0.25, -0.2) is 0 Å². The van der Waals surface area contributed by atoms with E-state index in [-0.39, 0.29) is 0 Å². The number of hydrogen-bond donors (Lipinski definition) is 0. The maximum absolute atomic E-state index is 6.30. The minimum atomic E-state index is 0.493. The molecule has 0 spiro atoms. The predicted molar refractivity (Wildman–Crippen MR) is 87.8 cm³/mol. The molecular weight excluding hydrogens is 278 g/mol. The van der Waals surface area contributed by atoms with Gasteiger partial charge in [0, 0.05) is 17.0 Å². The summed E-state index contributed by atoms with van der Waals surface area (Å²) in [4.78, 5) is 2.53. The van der Waals surface area contributed by atoms with Crippen molar-refractivity contribution in [2.45, 2.75) is 24.8 Å². The van der Waals surface area contributed by atoms with Crippen molar-refractivity contribution < 1.29 is 0 Å². The van der Waals surface area contributed by atoms with Gasteiger partial charge in [-0.2, -0.15) is 0 Å². The van der Waals surface area contributed by atoms with Gasteiger partial charge in [0.05, 0.1) is 0 Å². The summed E-state index contributed by atoms with van der Waals surface area (Å²) in [5.74, 6) is 1.17. The molecule has 1 fully saturated rings. The van der Waals surface area contributed by atoms with Crippen LogP contribution in [0.2, 0.25) is 5.02 Å². The number of hydrogen-bond acceptors (Lipinski definition) is 1. The van der Waals surface area contributed by atoms with E-state index < -0.39 is 0 Å². The molecule has 1 nitrogen and oxygen atoms in total. The Balaban J connectivity index is 1.88. The van der Waals surface area contributed by atoms with Crippen LogP contribution < -0.4 is 0 Å². The number of fused-ring (bicyclic) bond motifs is 3. The molecule has 21 heavy (non-hydrogen) atoms. The summed E-state index contributed by atoms with van der Waals surface area (Å²) >= 11 is 6.30. The summed E-state index contributed by atoms with van der Waals surface area (Å²) in [5, 5.41) is 0.857. The minimum Gasteiger partial charge on any atom is -0.299 e. The molecule has 0 N–H and O–H groups in total. The minimum absolute atomic E-state index is 0.493. The molecule has 1 saturated heterocycles. The van der Waals surface area contributed by atoms with E-state index in [1.54, 1.807) is 0 Å². The summed E-state index contributed by atoms with van der Waals surface area (Å²) in [6.45, 7) is 1.20. The van der Waals surface area contributed by atoms with Crippen LogP contribution in [0.4, 0.5) is 0 Å². The van der Waals surface area contributed by atoms with Crippen LogP contribution in [-0.2, 0) is 0 Å². The van der Waals surface area contributed by atoms with Crippen molar-refractivity contribution in [3.05, 3.63) is 70.2 Å². The van der Waals surface area contributed by atoms with Crippen molar-refractivity contribution in [2.24, 2.45) is 5.92 Å². The van der Waals surface area contributed by atoms with Gasteiger partial charge in [-0.05, 0) is 61.2 Å². The fraction of sp³-hybridized carbons (Fsp3) is 0.368. The highest BCUT2D eigenvalue weighted by Gasteiger charge is 2.44. The number of nitrogens with zero attached hydrogens (tertiary/aromatic N) is 1. The van der Waals surface area contributed by atoms with Crippen LogP contribution in [0, 0.1) is 5.92 Å². The van der Waals surface area contributed by atoms with Crippen molar-refractivity contribution >= 4 is 11.6 Å². The Morgan fingerprint density at radius 3 is 2.67 bits per heavy atom. The van der Waals surface area contributed by atoms with Crippen molar-refractivity contribution in [3.8, 4) is 0 Å². The maximum Gasteiger partial charge on any atom is 0.0409 e. The largest absolute Gasteiger partial charge is 0.299 e. The first-order valence-electron chi connectivity index (χ1n) is 7.80. The highest BCUT2D eigenvalue weighted by molar-refractivity contribution is 6.30. The monoisotopic (exact) mass is 297 g/mol. The van der Waals surface area contributed by atoms with Gasteiger partial charge in [-0.3, -0.25) is 4.90 Å². The van der Waals surface area contributed by atoms with E-state index in [4.69, 9.17) is 11.6 Å². The van der Waals surface area contributed by atoms with E-state index in [1.165, 1.54) is 36.1 Å². The smallest absolute Gasteiger partial charge is 0.0409 e. The van der Waals surface area contributed by atoms with Crippen LogP contribution in [0.1, 0.15) is 41.5 Å². The van der Waals surface area contributed by atoms with Crippen LogP contribution >= 0.6 is 11.6 Å². The molecule has 2 heteroatoms. The highest BCUT2D eigenvalue weighted by Crippen LogP contribution is 2.54. The number of piperidine rings is 1. The third-order valence-electron chi connectivity index (χ3n) is 5.22. The molecule has 2 aromatic rings. The topological polar surface area (TPSA) is 3.24 Å². The number of likely N-dealkylation sites (tertiary alicyclic amines) is 1. The van der Waals surface area contributed by atoms with E-state index in [9.17, 15) is 0 Å². The van der Waals surface area contributed by atoms with Crippen LogP contribution in [0.25, 0.3) is 0 Å². The third kappa shape index (κ3) is 2.11. The Morgan fingerprint density at radius 1 is 1.05 bits per heavy atom. The molecule has 1 aliphatic heterocycles. The van der Waals surface area contributed by atoms with Crippen molar-refractivity contribution in [3.63, 3.8) is 0 Å². The average Bonchev–Trinajstić information content (AvgIpc) is 2.82. The third-order valence-corrected chi connectivity index (χ3v) is 5.45. The van der Waals surface area contributed by atoms with E-state index in [1.807, 2.05) is 6.07 Å². The predicted octanol–water partition coefficient (Wildman–Crippen LogP) is 4.87.